The Morgan fingerprint density at radius 3 is 2.12 bits per heavy atom. The Bertz CT molecular complexity index is 494. The molecular formula is C11H10O6. The summed E-state index contributed by atoms with van der Waals surface area (Å²) in [5.41, 5.74) is -2.45. The predicted octanol–water partition coefficient (Wildman–Crippen LogP) is -0.198. The fraction of sp³-hybridized carbons (Fsp3) is 0.636. The molecule has 0 spiro atoms. The minimum atomic E-state index is -1.24. The van der Waals surface area contributed by atoms with Gasteiger partial charge >= 0.3 is 23.9 Å². The van der Waals surface area contributed by atoms with Gasteiger partial charge in [-0.2, -0.15) is 0 Å². The van der Waals surface area contributed by atoms with E-state index in [1.165, 1.54) is 6.92 Å². The third kappa shape index (κ3) is 0.731. The highest BCUT2D eigenvalue weighted by molar-refractivity contribution is 6.14. The Morgan fingerprint density at radius 1 is 1.00 bits per heavy atom. The first kappa shape index (κ1) is 10.4. The van der Waals surface area contributed by atoms with E-state index >= 15 is 0 Å². The molecule has 2 saturated heterocycles. The molecule has 3 fully saturated rings. The van der Waals surface area contributed by atoms with E-state index in [2.05, 4.69) is 9.47 Å². The van der Waals surface area contributed by atoms with E-state index in [1.54, 1.807) is 6.92 Å². The van der Waals surface area contributed by atoms with E-state index in [-0.39, 0.29) is 6.42 Å². The molecule has 3 rings (SSSR count). The number of hydrogen-bond acceptors (Lipinski definition) is 6. The maximum atomic E-state index is 11.8. The van der Waals surface area contributed by atoms with Crippen molar-refractivity contribution in [2.45, 2.75) is 20.3 Å². The quantitative estimate of drug-likeness (QED) is 0.464. The molecule has 0 N–H and O–H groups in total. The molecule has 90 valence electrons. The van der Waals surface area contributed by atoms with Crippen LogP contribution in [0.15, 0.2) is 0 Å². The molecule has 4 unspecified atom stereocenters. The summed E-state index contributed by atoms with van der Waals surface area (Å²) < 4.78 is 9.18. The molecule has 0 amide bonds. The van der Waals surface area contributed by atoms with Gasteiger partial charge in [-0.1, -0.05) is 6.92 Å². The van der Waals surface area contributed by atoms with Crippen LogP contribution in [0, 0.1) is 22.7 Å². The first-order valence-corrected chi connectivity index (χ1v) is 5.43. The Kier molecular flexibility index (Phi) is 1.58. The molecule has 17 heavy (non-hydrogen) atoms. The van der Waals surface area contributed by atoms with Gasteiger partial charge in [0.2, 0.25) is 0 Å². The van der Waals surface area contributed by atoms with Crippen LogP contribution in [0.2, 0.25) is 0 Å². The van der Waals surface area contributed by atoms with Gasteiger partial charge in [0.1, 0.15) is 0 Å². The molecule has 0 aromatic carbocycles. The maximum absolute atomic E-state index is 11.8. The number of cyclic esters (lactones) is 4. The molecule has 6 nitrogen and oxygen atoms in total. The molecular weight excluding hydrogens is 228 g/mol. The summed E-state index contributed by atoms with van der Waals surface area (Å²) in [7, 11) is 0. The van der Waals surface area contributed by atoms with Crippen molar-refractivity contribution >= 4 is 23.9 Å². The fourth-order valence-corrected chi connectivity index (χ4v) is 3.72. The van der Waals surface area contributed by atoms with Crippen LogP contribution < -0.4 is 0 Å². The van der Waals surface area contributed by atoms with Crippen LogP contribution in [0.25, 0.3) is 0 Å². The molecule has 4 atom stereocenters. The molecule has 2 aliphatic heterocycles. The summed E-state index contributed by atoms with van der Waals surface area (Å²) in [6.07, 6.45) is 0.275. The van der Waals surface area contributed by atoms with Crippen LogP contribution in [-0.2, 0) is 28.7 Å². The minimum absolute atomic E-state index is 0.275. The van der Waals surface area contributed by atoms with Crippen molar-refractivity contribution in [3.05, 3.63) is 0 Å². The van der Waals surface area contributed by atoms with Crippen LogP contribution in [0.1, 0.15) is 20.3 Å². The average Bonchev–Trinajstić information content (AvgIpc) is 2.56. The second-order valence-electron chi connectivity index (χ2n) is 4.90. The standard InChI is InChI=1S/C11H10O6/c1-3-11-5(7(13)17-9(11)15)4-6(12)16-8(14)10(4,11)2/h4-5H,3H2,1-2H3. The summed E-state index contributed by atoms with van der Waals surface area (Å²) in [4.78, 5) is 46.7. The van der Waals surface area contributed by atoms with Gasteiger partial charge in [-0.15, -0.1) is 0 Å². The van der Waals surface area contributed by atoms with E-state index in [0.29, 0.717) is 0 Å². The number of ether oxygens (including phenoxy) is 2. The van der Waals surface area contributed by atoms with Crippen LogP contribution in [-0.4, -0.2) is 23.9 Å². The maximum Gasteiger partial charge on any atom is 0.321 e. The Labute approximate surface area is 96.2 Å². The molecule has 0 aromatic rings. The van der Waals surface area contributed by atoms with Crippen molar-refractivity contribution in [1.82, 2.24) is 0 Å². The van der Waals surface area contributed by atoms with Crippen molar-refractivity contribution in [3.63, 3.8) is 0 Å². The third-order valence-corrected chi connectivity index (χ3v) is 4.65. The van der Waals surface area contributed by atoms with Crippen molar-refractivity contribution in [3.8, 4) is 0 Å². The zero-order chi connectivity index (χ0) is 12.6. The highest BCUT2D eigenvalue weighted by Crippen LogP contribution is 2.72. The smallest absolute Gasteiger partial charge is 0.321 e. The number of carbonyl (C=O) groups excluding carboxylic acids is 4. The highest BCUT2D eigenvalue weighted by Gasteiger charge is 2.87. The zero-order valence-electron chi connectivity index (χ0n) is 9.31. The molecule has 3 aliphatic rings. The minimum Gasteiger partial charge on any atom is -0.392 e. The second-order valence-corrected chi connectivity index (χ2v) is 4.90. The summed E-state index contributed by atoms with van der Waals surface area (Å²) in [6, 6.07) is 0. The molecule has 2 heterocycles. The first-order valence-electron chi connectivity index (χ1n) is 5.43. The van der Waals surface area contributed by atoms with Gasteiger partial charge in [0.15, 0.2) is 0 Å². The highest BCUT2D eigenvalue weighted by atomic mass is 16.6. The molecule has 0 radical (unpaired) electrons. The molecule has 6 heteroatoms. The van der Waals surface area contributed by atoms with Gasteiger partial charge in [0.05, 0.1) is 22.7 Å². The number of carbonyl (C=O) groups is 4. The van der Waals surface area contributed by atoms with Crippen LogP contribution in [0.3, 0.4) is 0 Å². The van der Waals surface area contributed by atoms with Gasteiger partial charge < -0.3 is 9.47 Å². The molecule has 0 aromatic heterocycles. The van der Waals surface area contributed by atoms with Crippen LogP contribution in [0.4, 0.5) is 0 Å². The Morgan fingerprint density at radius 2 is 1.53 bits per heavy atom. The van der Waals surface area contributed by atoms with E-state index < -0.39 is 46.5 Å². The zero-order valence-corrected chi connectivity index (χ0v) is 9.31. The lowest BCUT2D eigenvalue weighted by Crippen LogP contribution is -2.67. The molecule has 1 aliphatic carbocycles. The lowest BCUT2D eigenvalue weighted by atomic mass is 9.39. The summed E-state index contributed by atoms with van der Waals surface area (Å²) in [5, 5.41) is 0. The fourth-order valence-electron chi connectivity index (χ4n) is 3.72. The van der Waals surface area contributed by atoms with E-state index in [4.69, 9.17) is 0 Å². The van der Waals surface area contributed by atoms with Gasteiger partial charge in [0.25, 0.3) is 0 Å². The van der Waals surface area contributed by atoms with Gasteiger partial charge in [-0.25, -0.2) is 0 Å². The number of esters is 4. The first-order chi connectivity index (χ1) is 7.91. The van der Waals surface area contributed by atoms with E-state index in [9.17, 15) is 19.2 Å². The van der Waals surface area contributed by atoms with Gasteiger partial charge in [-0.3, -0.25) is 19.2 Å². The lowest BCUT2D eigenvalue weighted by Gasteiger charge is -2.53. The summed E-state index contributed by atoms with van der Waals surface area (Å²) >= 11 is 0. The number of fused-ring (bicyclic) bond motifs is 4. The summed E-state index contributed by atoms with van der Waals surface area (Å²) in [5.74, 6) is -4.60. The third-order valence-electron chi connectivity index (χ3n) is 4.65. The topological polar surface area (TPSA) is 86.7 Å². The summed E-state index contributed by atoms with van der Waals surface area (Å²) in [6.45, 7) is 3.20. The van der Waals surface area contributed by atoms with Crippen molar-refractivity contribution in [1.29, 1.82) is 0 Å². The monoisotopic (exact) mass is 238 g/mol. The Balaban J connectivity index is 2.22. The van der Waals surface area contributed by atoms with E-state index in [0.717, 1.165) is 0 Å². The van der Waals surface area contributed by atoms with Crippen molar-refractivity contribution < 1.29 is 28.7 Å². The van der Waals surface area contributed by atoms with Crippen LogP contribution in [0.5, 0.6) is 0 Å². The lowest BCUT2D eigenvalue weighted by molar-refractivity contribution is -0.189. The predicted molar refractivity (Wildman–Crippen MR) is 50.0 cm³/mol. The number of rotatable bonds is 1. The van der Waals surface area contributed by atoms with Crippen molar-refractivity contribution in [2.75, 3.05) is 0 Å². The van der Waals surface area contributed by atoms with Crippen LogP contribution >= 0.6 is 0 Å². The molecule has 1 saturated carbocycles. The average molecular weight is 238 g/mol. The number of hydrogen-bond donors (Lipinski definition) is 0. The van der Waals surface area contributed by atoms with E-state index in [1.807, 2.05) is 0 Å². The largest absolute Gasteiger partial charge is 0.392 e. The normalized spacial score (nSPS) is 47.2. The second kappa shape index (κ2) is 2.57. The van der Waals surface area contributed by atoms with Gasteiger partial charge in [0, 0.05) is 0 Å². The van der Waals surface area contributed by atoms with Crippen molar-refractivity contribution in [2.24, 2.45) is 22.7 Å². The Hall–Kier alpha value is -1.72. The SMILES string of the molecule is CCC12C(=O)OC(=O)C1C1C(=O)OC(=O)C12C. The van der Waals surface area contributed by atoms with Gasteiger partial charge in [-0.05, 0) is 13.3 Å². The molecule has 0 bridgehead atoms.